The van der Waals surface area contributed by atoms with Gasteiger partial charge in [0.1, 0.15) is 0 Å². The second kappa shape index (κ2) is 7.24. The van der Waals surface area contributed by atoms with Crippen LogP contribution in [0.4, 0.5) is 5.13 Å². The van der Waals surface area contributed by atoms with Crippen molar-refractivity contribution in [2.24, 2.45) is 0 Å². The number of hydrogen-bond donors (Lipinski definition) is 1. The molecule has 1 aromatic heterocycles. The molecule has 0 fully saturated rings. The molecule has 0 saturated carbocycles. The van der Waals surface area contributed by atoms with Crippen molar-refractivity contribution >= 4 is 70.1 Å². The fraction of sp³-hybridized carbons (Fsp3) is 0.125. The van der Waals surface area contributed by atoms with Gasteiger partial charge in [-0.3, -0.25) is 10.1 Å². The molecule has 0 bridgehead atoms. The number of nitrogens with zero attached hydrogens (tertiary/aromatic N) is 2. The molecule has 0 spiro atoms. The molecule has 2 aromatic carbocycles. The molecule has 0 atom stereocenters. The van der Waals surface area contributed by atoms with E-state index in [2.05, 4.69) is 26.2 Å². The number of halogens is 2. The molecular formula is C16H13BrClN3O3S2. The standard InChI is InChI=1S/C16H13BrClN3O3S2/c1-21(2)26(23,24)14-7-9(3-5-11(14)17)15(22)20-16-19-12-6-4-10(18)8-13(12)25-16/h3-8H,1-2H3,(H,19,20,22). The van der Waals surface area contributed by atoms with Gasteiger partial charge in [-0.1, -0.05) is 22.9 Å². The van der Waals surface area contributed by atoms with Gasteiger partial charge in [0.2, 0.25) is 10.0 Å². The number of amides is 1. The number of carbonyl (C=O) groups excluding carboxylic acids is 1. The third kappa shape index (κ3) is 3.77. The fourth-order valence-electron chi connectivity index (χ4n) is 2.16. The lowest BCUT2D eigenvalue weighted by Crippen LogP contribution is -2.23. The predicted molar refractivity (Wildman–Crippen MR) is 108 cm³/mol. The molecule has 1 heterocycles. The molecule has 136 valence electrons. The fourth-order valence-corrected chi connectivity index (χ4v) is 5.14. The number of aromatic nitrogens is 1. The number of rotatable bonds is 4. The molecule has 0 aliphatic rings. The molecule has 3 rings (SSSR count). The van der Waals surface area contributed by atoms with Crippen molar-refractivity contribution in [1.29, 1.82) is 0 Å². The lowest BCUT2D eigenvalue weighted by Gasteiger charge is -2.13. The van der Waals surface area contributed by atoms with E-state index in [1.54, 1.807) is 18.2 Å². The maximum atomic E-state index is 12.5. The van der Waals surface area contributed by atoms with Crippen LogP contribution in [0.25, 0.3) is 10.2 Å². The summed E-state index contributed by atoms with van der Waals surface area (Å²) < 4.78 is 27.1. The van der Waals surface area contributed by atoms with Crippen molar-refractivity contribution in [3.63, 3.8) is 0 Å². The summed E-state index contributed by atoms with van der Waals surface area (Å²) in [6.45, 7) is 0. The zero-order chi connectivity index (χ0) is 19.1. The molecule has 6 nitrogen and oxygen atoms in total. The summed E-state index contributed by atoms with van der Waals surface area (Å²) in [6.07, 6.45) is 0. The first-order valence-electron chi connectivity index (χ1n) is 7.28. The third-order valence-electron chi connectivity index (χ3n) is 3.52. The van der Waals surface area contributed by atoms with Gasteiger partial charge in [0.25, 0.3) is 5.91 Å². The summed E-state index contributed by atoms with van der Waals surface area (Å²) in [6, 6.07) is 9.67. The molecule has 0 saturated heterocycles. The first kappa shape index (κ1) is 19.2. The molecule has 0 unspecified atom stereocenters. The van der Waals surface area contributed by atoms with E-state index in [-0.39, 0.29) is 10.5 Å². The first-order valence-corrected chi connectivity index (χ1v) is 10.7. The van der Waals surface area contributed by atoms with Crippen molar-refractivity contribution in [3.8, 4) is 0 Å². The monoisotopic (exact) mass is 473 g/mol. The largest absolute Gasteiger partial charge is 0.298 e. The van der Waals surface area contributed by atoms with Crippen molar-refractivity contribution in [2.75, 3.05) is 19.4 Å². The minimum Gasteiger partial charge on any atom is -0.298 e. The molecule has 0 aliphatic carbocycles. The van der Waals surface area contributed by atoms with E-state index in [0.717, 1.165) is 14.5 Å². The molecule has 26 heavy (non-hydrogen) atoms. The Labute approximate surface area is 168 Å². The van der Waals surface area contributed by atoms with Crippen LogP contribution in [0.5, 0.6) is 0 Å². The zero-order valence-corrected chi connectivity index (χ0v) is 17.6. The van der Waals surface area contributed by atoms with Gasteiger partial charge in [0.15, 0.2) is 5.13 Å². The highest BCUT2D eigenvalue weighted by molar-refractivity contribution is 9.10. The molecule has 1 amide bonds. The summed E-state index contributed by atoms with van der Waals surface area (Å²) in [4.78, 5) is 16.9. The maximum absolute atomic E-state index is 12.5. The van der Waals surface area contributed by atoms with E-state index < -0.39 is 15.9 Å². The van der Waals surface area contributed by atoms with Crippen LogP contribution in [0.15, 0.2) is 45.8 Å². The van der Waals surface area contributed by atoms with E-state index in [9.17, 15) is 13.2 Å². The van der Waals surface area contributed by atoms with Gasteiger partial charge in [-0.25, -0.2) is 17.7 Å². The van der Waals surface area contributed by atoms with Crippen molar-refractivity contribution < 1.29 is 13.2 Å². The van der Waals surface area contributed by atoms with Crippen molar-refractivity contribution in [2.45, 2.75) is 4.90 Å². The van der Waals surface area contributed by atoms with Crippen LogP contribution in [0.2, 0.25) is 5.02 Å². The predicted octanol–water partition coefficient (Wildman–Crippen LogP) is 4.21. The number of benzene rings is 2. The number of sulfonamides is 1. The Balaban J connectivity index is 1.92. The second-order valence-electron chi connectivity index (χ2n) is 5.52. The number of carbonyl (C=O) groups is 1. The zero-order valence-electron chi connectivity index (χ0n) is 13.7. The van der Waals surface area contributed by atoms with E-state index in [4.69, 9.17) is 11.6 Å². The van der Waals surface area contributed by atoms with E-state index in [1.807, 2.05) is 0 Å². The van der Waals surface area contributed by atoms with Crippen LogP contribution in [-0.2, 0) is 10.0 Å². The van der Waals surface area contributed by atoms with Gasteiger partial charge in [0.05, 0.1) is 15.1 Å². The van der Waals surface area contributed by atoms with Crippen LogP contribution >= 0.6 is 38.9 Å². The molecule has 0 radical (unpaired) electrons. The Morgan fingerprint density at radius 3 is 2.65 bits per heavy atom. The molecular weight excluding hydrogens is 462 g/mol. The van der Waals surface area contributed by atoms with Crippen molar-refractivity contribution in [3.05, 3.63) is 51.5 Å². The molecule has 10 heteroatoms. The molecule has 0 aliphatic heterocycles. The van der Waals surface area contributed by atoms with Crippen LogP contribution in [0.1, 0.15) is 10.4 Å². The highest BCUT2D eigenvalue weighted by Crippen LogP contribution is 2.29. The highest BCUT2D eigenvalue weighted by Gasteiger charge is 2.22. The van der Waals surface area contributed by atoms with Crippen LogP contribution < -0.4 is 5.32 Å². The summed E-state index contributed by atoms with van der Waals surface area (Å²) in [5, 5.41) is 3.69. The van der Waals surface area contributed by atoms with Gasteiger partial charge in [-0.15, -0.1) is 0 Å². The second-order valence-corrected chi connectivity index (χ2v) is 9.96. The Bertz CT molecular complexity index is 1110. The van der Waals surface area contributed by atoms with Crippen molar-refractivity contribution in [1.82, 2.24) is 9.29 Å². The number of hydrogen-bond acceptors (Lipinski definition) is 5. The van der Waals surface area contributed by atoms with Crippen LogP contribution in [0, 0.1) is 0 Å². The summed E-state index contributed by atoms with van der Waals surface area (Å²) >= 11 is 10.5. The Morgan fingerprint density at radius 1 is 1.23 bits per heavy atom. The topological polar surface area (TPSA) is 79.4 Å². The van der Waals surface area contributed by atoms with Gasteiger partial charge in [0, 0.05) is 29.2 Å². The quantitative estimate of drug-likeness (QED) is 0.614. The summed E-state index contributed by atoms with van der Waals surface area (Å²) in [5.74, 6) is -0.446. The highest BCUT2D eigenvalue weighted by atomic mass is 79.9. The SMILES string of the molecule is CN(C)S(=O)(=O)c1cc(C(=O)Nc2nc3ccc(Cl)cc3s2)ccc1Br. The number of nitrogens with one attached hydrogen (secondary N) is 1. The van der Waals surface area contributed by atoms with Crippen LogP contribution in [0.3, 0.4) is 0 Å². The number of fused-ring (bicyclic) bond motifs is 1. The van der Waals surface area contributed by atoms with E-state index >= 15 is 0 Å². The maximum Gasteiger partial charge on any atom is 0.257 e. The van der Waals surface area contributed by atoms with Crippen LogP contribution in [-0.4, -0.2) is 37.7 Å². The van der Waals surface area contributed by atoms with Gasteiger partial charge < -0.3 is 0 Å². The Hall–Kier alpha value is -1.52. The van der Waals surface area contributed by atoms with Gasteiger partial charge >= 0.3 is 0 Å². The molecule has 1 N–H and O–H groups in total. The van der Waals surface area contributed by atoms with E-state index in [1.165, 1.54) is 43.6 Å². The number of anilines is 1. The lowest BCUT2D eigenvalue weighted by atomic mass is 10.2. The molecule has 3 aromatic rings. The number of thiazole rings is 1. The summed E-state index contributed by atoms with van der Waals surface area (Å²) in [7, 11) is -0.820. The average Bonchev–Trinajstić information content (AvgIpc) is 2.96. The van der Waals surface area contributed by atoms with Gasteiger partial charge in [-0.2, -0.15) is 0 Å². The third-order valence-corrected chi connectivity index (χ3v) is 7.50. The average molecular weight is 475 g/mol. The Morgan fingerprint density at radius 2 is 1.96 bits per heavy atom. The lowest BCUT2D eigenvalue weighted by molar-refractivity contribution is 0.102. The smallest absolute Gasteiger partial charge is 0.257 e. The normalized spacial score (nSPS) is 11.9. The van der Waals surface area contributed by atoms with E-state index in [0.29, 0.717) is 14.6 Å². The van der Waals surface area contributed by atoms with Gasteiger partial charge in [-0.05, 0) is 52.3 Å². The first-order chi connectivity index (χ1) is 12.2. The Kier molecular flexibility index (Phi) is 5.36. The minimum atomic E-state index is -3.68. The summed E-state index contributed by atoms with van der Waals surface area (Å²) in [5.41, 5.74) is 0.937. The minimum absolute atomic E-state index is 0.0197.